The van der Waals surface area contributed by atoms with E-state index in [1.54, 1.807) is 20.8 Å². The quantitative estimate of drug-likeness (QED) is 0.713. The van der Waals surface area contributed by atoms with Gasteiger partial charge in [-0.05, 0) is 25.8 Å². The molecule has 0 saturated carbocycles. The summed E-state index contributed by atoms with van der Waals surface area (Å²) in [7, 11) is 0. The minimum atomic E-state index is -0.397. The van der Waals surface area contributed by atoms with Gasteiger partial charge in [0.15, 0.2) is 0 Å². The van der Waals surface area contributed by atoms with Gasteiger partial charge in [0.1, 0.15) is 0 Å². The van der Waals surface area contributed by atoms with Gasteiger partial charge in [0.05, 0.1) is 12.5 Å². The largest absolute Gasteiger partial charge is 0.466 e. The van der Waals surface area contributed by atoms with Crippen LogP contribution in [0.3, 0.4) is 0 Å². The molecular formula is C17H26N2O3. The lowest BCUT2D eigenvalue weighted by molar-refractivity contribution is -0.148. The average Bonchev–Trinajstić information content (AvgIpc) is 2.51. The summed E-state index contributed by atoms with van der Waals surface area (Å²) in [6.45, 7) is 5.92. The number of amides is 1. The van der Waals surface area contributed by atoms with Crippen molar-refractivity contribution in [1.29, 1.82) is 0 Å². The molecule has 0 aliphatic heterocycles. The summed E-state index contributed by atoms with van der Waals surface area (Å²) in [4.78, 5) is 24.0. The Morgan fingerprint density at radius 3 is 2.41 bits per heavy atom. The van der Waals surface area contributed by atoms with Crippen LogP contribution in [0.1, 0.15) is 26.3 Å². The Kier molecular flexibility index (Phi) is 7.60. The number of rotatable bonds is 8. The Morgan fingerprint density at radius 2 is 1.86 bits per heavy atom. The molecule has 3 atom stereocenters. The van der Waals surface area contributed by atoms with Gasteiger partial charge >= 0.3 is 5.97 Å². The molecule has 3 N–H and O–H groups in total. The molecule has 0 aromatic heterocycles. The fourth-order valence-electron chi connectivity index (χ4n) is 2.02. The molecule has 122 valence electrons. The third-order valence-corrected chi connectivity index (χ3v) is 3.67. The topological polar surface area (TPSA) is 81.4 Å². The number of nitrogens with two attached hydrogens (primary N) is 1. The highest BCUT2D eigenvalue weighted by Gasteiger charge is 2.23. The van der Waals surface area contributed by atoms with Crippen molar-refractivity contribution in [3.05, 3.63) is 35.9 Å². The van der Waals surface area contributed by atoms with E-state index in [9.17, 15) is 9.59 Å². The first kappa shape index (κ1) is 18.2. The molecule has 5 nitrogen and oxygen atoms in total. The van der Waals surface area contributed by atoms with Crippen LogP contribution in [0.5, 0.6) is 0 Å². The summed E-state index contributed by atoms with van der Waals surface area (Å²) >= 11 is 0. The van der Waals surface area contributed by atoms with Crippen LogP contribution in [0.25, 0.3) is 0 Å². The van der Waals surface area contributed by atoms with E-state index in [0.717, 1.165) is 5.56 Å². The zero-order valence-corrected chi connectivity index (χ0v) is 13.5. The van der Waals surface area contributed by atoms with Crippen molar-refractivity contribution < 1.29 is 14.3 Å². The van der Waals surface area contributed by atoms with E-state index in [4.69, 9.17) is 10.5 Å². The van der Waals surface area contributed by atoms with Crippen LogP contribution in [-0.4, -0.2) is 31.1 Å². The second kappa shape index (κ2) is 9.20. The molecule has 0 fully saturated rings. The zero-order chi connectivity index (χ0) is 16.5. The number of ether oxygens (including phenoxy) is 1. The number of nitrogens with one attached hydrogen (secondary N) is 1. The molecule has 1 rings (SSSR count). The van der Waals surface area contributed by atoms with Gasteiger partial charge in [-0.2, -0.15) is 0 Å². The number of hydrogen-bond donors (Lipinski definition) is 2. The molecule has 0 aliphatic carbocycles. The number of benzene rings is 1. The molecular weight excluding hydrogens is 280 g/mol. The molecule has 0 spiro atoms. The van der Waals surface area contributed by atoms with Crippen molar-refractivity contribution in [3.63, 3.8) is 0 Å². The summed E-state index contributed by atoms with van der Waals surface area (Å²) < 4.78 is 5.10. The lowest BCUT2D eigenvalue weighted by Crippen LogP contribution is -2.42. The first-order valence-electron chi connectivity index (χ1n) is 7.69. The van der Waals surface area contributed by atoms with E-state index in [1.807, 2.05) is 30.3 Å². The molecule has 1 amide bonds. The fourth-order valence-corrected chi connectivity index (χ4v) is 2.02. The van der Waals surface area contributed by atoms with Crippen LogP contribution in [0.2, 0.25) is 0 Å². The molecule has 0 bridgehead atoms. The van der Waals surface area contributed by atoms with Crippen LogP contribution in [-0.2, 0) is 20.7 Å². The van der Waals surface area contributed by atoms with E-state index >= 15 is 0 Å². The smallest absolute Gasteiger partial charge is 0.311 e. The zero-order valence-electron chi connectivity index (χ0n) is 13.5. The number of carbonyl (C=O) groups excluding carboxylic acids is 2. The average molecular weight is 306 g/mol. The van der Waals surface area contributed by atoms with Crippen molar-refractivity contribution in [1.82, 2.24) is 5.32 Å². The third kappa shape index (κ3) is 5.85. The summed E-state index contributed by atoms with van der Waals surface area (Å²) in [5, 5.41) is 2.80. The summed E-state index contributed by atoms with van der Waals surface area (Å²) in [5.41, 5.74) is 6.76. The monoisotopic (exact) mass is 306 g/mol. The Morgan fingerprint density at radius 1 is 1.23 bits per heavy atom. The van der Waals surface area contributed by atoms with Crippen LogP contribution in [0.4, 0.5) is 0 Å². The van der Waals surface area contributed by atoms with E-state index in [1.165, 1.54) is 0 Å². The van der Waals surface area contributed by atoms with Gasteiger partial charge in [-0.3, -0.25) is 9.59 Å². The van der Waals surface area contributed by atoms with Crippen LogP contribution in [0, 0.1) is 11.8 Å². The maximum Gasteiger partial charge on any atom is 0.311 e. The van der Waals surface area contributed by atoms with Gasteiger partial charge in [-0.1, -0.05) is 37.3 Å². The lowest BCUT2D eigenvalue weighted by Gasteiger charge is -2.19. The molecule has 22 heavy (non-hydrogen) atoms. The highest BCUT2D eigenvalue weighted by Crippen LogP contribution is 2.11. The maximum atomic E-state index is 12.1. The SMILES string of the molecule is CCOC(=O)C(CNC(=O)C(C)C(C)N)Cc1ccccc1. The Bertz CT molecular complexity index is 474. The Hall–Kier alpha value is -1.88. The normalized spacial score (nSPS) is 14.7. The van der Waals surface area contributed by atoms with Gasteiger partial charge in [0, 0.05) is 18.5 Å². The maximum absolute atomic E-state index is 12.1. The van der Waals surface area contributed by atoms with E-state index in [-0.39, 0.29) is 30.4 Å². The van der Waals surface area contributed by atoms with E-state index in [2.05, 4.69) is 5.32 Å². The lowest BCUT2D eigenvalue weighted by atomic mass is 9.98. The van der Waals surface area contributed by atoms with Crippen LogP contribution < -0.4 is 11.1 Å². The van der Waals surface area contributed by atoms with Gasteiger partial charge in [0.25, 0.3) is 0 Å². The van der Waals surface area contributed by atoms with Gasteiger partial charge < -0.3 is 15.8 Å². The summed E-state index contributed by atoms with van der Waals surface area (Å²) in [5.74, 6) is -1.12. The second-order valence-corrected chi connectivity index (χ2v) is 5.53. The van der Waals surface area contributed by atoms with Gasteiger partial charge in [0.2, 0.25) is 5.91 Å². The Labute approximate surface area is 132 Å². The highest BCUT2D eigenvalue weighted by atomic mass is 16.5. The molecule has 0 heterocycles. The predicted molar refractivity (Wildman–Crippen MR) is 86.1 cm³/mol. The number of esters is 1. The first-order valence-corrected chi connectivity index (χ1v) is 7.69. The molecule has 1 aromatic rings. The highest BCUT2D eigenvalue weighted by molar-refractivity contribution is 5.80. The van der Waals surface area contributed by atoms with Crippen LogP contribution >= 0.6 is 0 Å². The first-order chi connectivity index (χ1) is 10.5. The molecule has 5 heteroatoms. The van der Waals surface area contributed by atoms with Crippen molar-refractivity contribution in [2.24, 2.45) is 17.6 Å². The number of carbonyl (C=O) groups is 2. The second-order valence-electron chi connectivity index (χ2n) is 5.53. The molecule has 3 unspecified atom stereocenters. The van der Waals surface area contributed by atoms with Gasteiger partial charge in [-0.25, -0.2) is 0 Å². The molecule has 0 aliphatic rings. The van der Waals surface area contributed by atoms with Gasteiger partial charge in [-0.15, -0.1) is 0 Å². The van der Waals surface area contributed by atoms with Crippen molar-refractivity contribution in [2.45, 2.75) is 33.2 Å². The minimum Gasteiger partial charge on any atom is -0.466 e. The van der Waals surface area contributed by atoms with Crippen molar-refractivity contribution >= 4 is 11.9 Å². The molecule has 1 aromatic carbocycles. The fraction of sp³-hybridized carbons (Fsp3) is 0.529. The van der Waals surface area contributed by atoms with E-state index < -0.39 is 5.92 Å². The Balaban J connectivity index is 2.66. The minimum absolute atomic E-state index is 0.141. The van der Waals surface area contributed by atoms with Crippen LogP contribution in [0.15, 0.2) is 30.3 Å². The molecule has 0 radical (unpaired) electrons. The van der Waals surface area contributed by atoms with E-state index in [0.29, 0.717) is 13.0 Å². The predicted octanol–water partition coefficient (Wildman–Crippen LogP) is 1.51. The summed E-state index contributed by atoms with van der Waals surface area (Å²) in [6.07, 6.45) is 0.534. The van der Waals surface area contributed by atoms with Crippen molar-refractivity contribution in [3.8, 4) is 0 Å². The standard InChI is InChI=1S/C17H26N2O3/c1-4-22-17(21)15(10-14-8-6-5-7-9-14)11-19-16(20)12(2)13(3)18/h5-9,12-13,15H,4,10-11,18H2,1-3H3,(H,19,20). The molecule has 0 saturated heterocycles. The number of hydrogen-bond acceptors (Lipinski definition) is 4. The summed E-state index contributed by atoms with van der Waals surface area (Å²) in [6, 6.07) is 9.46. The third-order valence-electron chi connectivity index (χ3n) is 3.67. The van der Waals surface area contributed by atoms with Crippen molar-refractivity contribution in [2.75, 3.05) is 13.2 Å².